The molecular formula is C6H6Br3N3. The lowest BCUT2D eigenvalue weighted by atomic mass is 10.5. The summed E-state index contributed by atoms with van der Waals surface area (Å²) in [5, 5.41) is 0. The number of aromatic nitrogens is 3. The first kappa shape index (κ1) is 10.5. The number of rotatable bonds is 0. The second-order valence-electron chi connectivity index (χ2n) is 2.25. The molecule has 0 radical (unpaired) electrons. The second-order valence-corrected chi connectivity index (χ2v) is 9.01. The van der Waals surface area contributed by atoms with Gasteiger partial charge in [0.2, 0.25) is 0 Å². The molecule has 0 saturated heterocycles. The molecule has 0 spiro atoms. The van der Waals surface area contributed by atoms with Crippen LogP contribution in [0.3, 0.4) is 0 Å². The third-order valence-corrected chi connectivity index (χ3v) is 2.18. The van der Waals surface area contributed by atoms with Crippen LogP contribution in [0.25, 0.3) is 0 Å². The highest BCUT2D eigenvalue weighted by Crippen LogP contribution is 2.42. The van der Waals surface area contributed by atoms with E-state index in [1.807, 2.05) is 13.8 Å². The third-order valence-electron chi connectivity index (χ3n) is 1.11. The molecule has 6 heteroatoms. The molecule has 0 saturated carbocycles. The van der Waals surface area contributed by atoms with Crippen molar-refractivity contribution >= 4 is 47.8 Å². The molecule has 12 heavy (non-hydrogen) atoms. The van der Waals surface area contributed by atoms with Crippen LogP contribution in [0.15, 0.2) is 0 Å². The molecule has 0 fully saturated rings. The van der Waals surface area contributed by atoms with Crippen molar-refractivity contribution in [1.82, 2.24) is 15.0 Å². The van der Waals surface area contributed by atoms with Crippen LogP contribution in [-0.4, -0.2) is 15.0 Å². The van der Waals surface area contributed by atoms with Crippen LogP contribution in [-0.2, 0) is 2.14 Å². The molecule has 1 rings (SSSR count). The molecule has 1 aromatic rings. The van der Waals surface area contributed by atoms with Gasteiger partial charge in [0.05, 0.1) is 0 Å². The molecule has 66 valence electrons. The van der Waals surface area contributed by atoms with Crippen molar-refractivity contribution in [3.05, 3.63) is 17.5 Å². The summed E-state index contributed by atoms with van der Waals surface area (Å²) in [6.07, 6.45) is 0. The molecule has 1 heterocycles. The van der Waals surface area contributed by atoms with Gasteiger partial charge in [-0.1, -0.05) is 47.8 Å². The average molecular weight is 360 g/mol. The summed E-state index contributed by atoms with van der Waals surface area (Å²) < 4.78 is -0.550. The van der Waals surface area contributed by atoms with E-state index in [0.717, 1.165) is 0 Å². The lowest BCUT2D eigenvalue weighted by Crippen LogP contribution is -2.09. The Morgan fingerprint density at radius 1 is 0.917 bits per heavy atom. The SMILES string of the molecule is Cc1nc(C)nc(C(Br)(Br)Br)n1. The summed E-state index contributed by atoms with van der Waals surface area (Å²) in [7, 11) is 0. The van der Waals surface area contributed by atoms with Crippen LogP contribution in [0.5, 0.6) is 0 Å². The summed E-state index contributed by atoms with van der Waals surface area (Å²) in [4.78, 5) is 12.3. The first-order chi connectivity index (χ1) is 5.39. The summed E-state index contributed by atoms with van der Waals surface area (Å²) in [5.41, 5.74) is 0. The smallest absolute Gasteiger partial charge is 0.194 e. The number of nitrogens with zero attached hydrogens (tertiary/aromatic N) is 3. The monoisotopic (exact) mass is 357 g/mol. The van der Waals surface area contributed by atoms with E-state index in [9.17, 15) is 0 Å². The van der Waals surface area contributed by atoms with E-state index in [1.165, 1.54) is 0 Å². The van der Waals surface area contributed by atoms with Crippen molar-refractivity contribution in [3.63, 3.8) is 0 Å². The first-order valence-corrected chi connectivity index (χ1v) is 5.54. The lowest BCUT2D eigenvalue weighted by molar-refractivity contribution is 0.860. The fraction of sp³-hybridized carbons (Fsp3) is 0.500. The summed E-state index contributed by atoms with van der Waals surface area (Å²) >= 11 is 10.0. The van der Waals surface area contributed by atoms with Gasteiger partial charge in [0.1, 0.15) is 11.6 Å². The quantitative estimate of drug-likeness (QED) is 0.669. The Labute approximate surface area is 95.8 Å². The highest BCUT2D eigenvalue weighted by molar-refractivity contribution is 9.38. The lowest BCUT2D eigenvalue weighted by Gasteiger charge is -2.10. The van der Waals surface area contributed by atoms with Crippen LogP contribution in [0.2, 0.25) is 0 Å². The van der Waals surface area contributed by atoms with E-state index in [0.29, 0.717) is 17.5 Å². The molecule has 0 unspecified atom stereocenters. The second kappa shape index (κ2) is 3.67. The van der Waals surface area contributed by atoms with E-state index in [-0.39, 0.29) is 0 Å². The molecule has 3 nitrogen and oxygen atoms in total. The van der Waals surface area contributed by atoms with E-state index in [4.69, 9.17) is 0 Å². The highest BCUT2D eigenvalue weighted by atomic mass is 80.0. The zero-order chi connectivity index (χ0) is 9.35. The minimum Gasteiger partial charge on any atom is -0.219 e. The van der Waals surface area contributed by atoms with Crippen molar-refractivity contribution in [2.75, 3.05) is 0 Å². The van der Waals surface area contributed by atoms with Gasteiger partial charge in [-0.2, -0.15) is 0 Å². The fourth-order valence-electron chi connectivity index (χ4n) is 0.742. The van der Waals surface area contributed by atoms with E-state index in [2.05, 4.69) is 62.7 Å². The zero-order valence-corrected chi connectivity index (χ0v) is 11.2. The topological polar surface area (TPSA) is 38.7 Å². The van der Waals surface area contributed by atoms with Gasteiger partial charge in [-0.25, -0.2) is 15.0 Å². The number of hydrogen-bond donors (Lipinski definition) is 0. The molecule has 0 aromatic carbocycles. The van der Waals surface area contributed by atoms with E-state index >= 15 is 0 Å². The number of hydrogen-bond acceptors (Lipinski definition) is 3. The Balaban J connectivity index is 3.18. The van der Waals surface area contributed by atoms with Gasteiger partial charge in [0.25, 0.3) is 0 Å². The molecule has 0 atom stereocenters. The molecule has 0 N–H and O–H groups in total. The molecule has 0 amide bonds. The normalized spacial score (nSPS) is 11.8. The Morgan fingerprint density at radius 2 is 1.33 bits per heavy atom. The summed E-state index contributed by atoms with van der Waals surface area (Å²) in [6.45, 7) is 3.66. The predicted octanol–water partition coefficient (Wildman–Crippen LogP) is 2.78. The maximum Gasteiger partial charge on any atom is 0.194 e. The highest BCUT2D eigenvalue weighted by Gasteiger charge is 2.25. The van der Waals surface area contributed by atoms with Gasteiger partial charge in [0.15, 0.2) is 7.97 Å². The van der Waals surface area contributed by atoms with Gasteiger partial charge in [-0.15, -0.1) is 0 Å². The summed E-state index contributed by atoms with van der Waals surface area (Å²) in [5.74, 6) is 2.04. The van der Waals surface area contributed by atoms with Crippen LogP contribution < -0.4 is 0 Å². The van der Waals surface area contributed by atoms with Crippen LogP contribution in [0, 0.1) is 13.8 Å². The van der Waals surface area contributed by atoms with Gasteiger partial charge in [0, 0.05) is 0 Å². The molecular weight excluding hydrogens is 354 g/mol. The maximum atomic E-state index is 4.14. The van der Waals surface area contributed by atoms with Gasteiger partial charge in [-0.05, 0) is 13.8 Å². The van der Waals surface area contributed by atoms with Crippen molar-refractivity contribution in [2.45, 2.75) is 16.0 Å². The third kappa shape index (κ3) is 2.74. The Morgan fingerprint density at radius 3 is 1.67 bits per heavy atom. The maximum absolute atomic E-state index is 4.14. The van der Waals surface area contributed by atoms with E-state index < -0.39 is 2.14 Å². The first-order valence-electron chi connectivity index (χ1n) is 3.16. The summed E-state index contributed by atoms with van der Waals surface area (Å²) in [6, 6.07) is 0. The Hall–Kier alpha value is 0.450. The largest absolute Gasteiger partial charge is 0.219 e. The Bertz CT molecular complexity index is 274. The molecule has 0 aliphatic rings. The average Bonchev–Trinajstić information content (AvgIpc) is 1.82. The van der Waals surface area contributed by atoms with Crippen molar-refractivity contribution in [1.29, 1.82) is 0 Å². The Kier molecular flexibility index (Phi) is 3.22. The minimum absolute atomic E-state index is 0.550. The van der Waals surface area contributed by atoms with Crippen LogP contribution >= 0.6 is 47.8 Å². The van der Waals surface area contributed by atoms with Gasteiger partial charge < -0.3 is 0 Å². The molecule has 0 aliphatic carbocycles. The number of halogens is 3. The van der Waals surface area contributed by atoms with E-state index in [1.54, 1.807) is 0 Å². The molecule has 0 bridgehead atoms. The zero-order valence-electron chi connectivity index (χ0n) is 6.48. The minimum atomic E-state index is -0.550. The van der Waals surface area contributed by atoms with Crippen LogP contribution in [0.1, 0.15) is 17.5 Å². The fourth-order valence-corrected chi connectivity index (χ4v) is 1.27. The van der Waals surface area contributed by atoms with Gasteiger partial charge in [-0.3, -0.25) is 0 Å². The van der Waals surface area contributed by atoms with Crippen molar-refractivity contribution in [2.24, 2.45) is 0 Å². The number of aryl methyl sites for hydroxylation is 2. The van der Waals surface area contributed by atoms with Gasteiger partial charge >= 0.3 is 0 Å². The van der Waals surface area contributed by atoms with Crippen molar-refractivity contribution in [3.8, 4) is 0 Å². The molecule has 1 aromatic heterocycles. The van der Waals surface area contributed by atoms with Crippen molar-refractivity contribution < 1.29 is 0 Å². The number of alkyl halides is 3. The standard InChI is InChI=1S/C6H6Br3N3/c1-3-10-4(2)12-5(11-3)6(7,8)9/h1-2H3. The van der Waals surface area contributed by atoms with Crippen LogP contribution in [0.4, 0.5) is 0 Å². The predicted molar refractivity (Wildman–Crippen MR) is 57.8 cm³/mol. The molecule has 0 aliphatic heterocycles.